The van der Waals surface area contributed by atoms with E-state index in [1.54, 1.807) is 21.3 Å². The van der Waals surface area contributed by atoms with Gasteiger partial charge in [0.05, 0.1) is 20.8 Å². The van der Waals surface area contributed by atoms with Gasteiger partial charge in [0.1, 0.15) is 11.5 Å². The number of nitrogens with two attached hydrogens (primary N) is 1. The Hall–Kier alpha value is -1.26. The van der Waals surface area contributed by atoms with Crippen LogP contribution in [0.4, 0.5) is 0 Å². The van der Waals surface area contributed by atoms with Gasteiger partial charge in [0.25, 0.3) is 0 Å². The molecule has 0 aliphatic carbocycles. The molecule has 0 aliphatic rings. The van der Waals surface area contributed by atoms with E-state index in [2.05, 4.69) is 0 Å². The molecule has 102 valence electrons. The maximum atomic E-state index is 5.54. The number of methoxy groups -OCH3 is 3. The first-order valence-corrected chi connectivity index (χ1v) is 6.20. The molecule has 0 unspecified atom stereocenters. The Morgan fingerprint density at radius 1 is 0.944 bits per heavy atom. The molecule has 0 heterocycles. The van der Waals surface area contributed by atoms with Gasteiger partial charge in [-0.15, -0.1) is 0 Å². The van der Waals surface area contributed by atoms with Gasteiger partial charge in [-0.2, -0.15) is 0 Å². The molecule has 4 nitrogen and oxygen atoms in total. The molecule has 1 aromatic carbocycles. The number of benzene rings is 1. The van der Waals surface area contributed by atoms with Crippen LogP contribution >= 0.6 is 0 Å². The summed E-state index contributed by atoms with van der Waals surface area (Å²) in [4.78, 5) is 0. The third kappa shape index (κ3) is 3.62. The Labute approximate surface area is 109 Å². The maximum absolute atomic E-state index is 5.54. The molecule has 1 rings (SSSR count). The number of ether oxygens (including phenoxy) is 3. The lowest BCUT2D eigenvalue weighted by Gasteiger charge is -2.16. The van der Waals surface area contributed by atoms with E-state index in [-0.39, 0.29) is 0 Å². The average Bonchev–Trinajstić information content (AvgIpc) is 2.40. The van der Waals surface area contributed by atoms with Crippen molar-refractivity contribution in [2.75, 3.05) is 27.9 Å². The molecule has 0 spiro atoms. The van der Waals surface area contributed by atoms with Gasteiger partial charge in [0.15, 0.2) is 0 Å². The summed E-state index contributed by atoms with van der Waals surface area (Å²) in [5, 5.41) is 0. The lowest BCUT2D eigenvalue weighted by atomic mass is 10.00. The van der Waals surface area contributed by atoms with Gasteiger partial charge in [-0.25, -0.2) is 0 Å². The molecule has 4 heteroatoms. The summed E-state index contributed by atoms with van der Waals surface area (Å²) in [6.07, 6.45) is 2.97. The maximum Gasteiger partial charge on any atom is 0.124 e. The minimum absolute atomic E-state index is 0.526. The van der Waals surface area contributed by atoms with Crippen molar-refractivity contribution in [3.63, 3.8) is 0 Å². The SMILES string of the molecule is COCc1c(OC)ccc(OC)c1CCCCN. The molecule has 0 saturated heterocycles. The Morgan fingerprint density at radius 2 is 1.56 bits per heavy atom. The third-order valence-electron chi connectivity index (χ3n) is 2.95. The number of unbranched alkanes of at least 4 members (excludes halogenated alkanes) is 1. The zero-order valence-electron chi connectivity index (χ0n) is 11.5. The van der Waals surface area contributed by atoms with Crippen LogP contribution in [0.5, 0.6) is 11.5 Å². The predicted octanol–water partition coefficient (Wildman–Crippen LogP) is 2.13. The van der Waals surface area contributed by atoms with Crippen molar-refractivity contribution in [2.45, 2.75) is 25.9 Å². The molecule has 0 amide bonds. The third-order valence-corrected chi connectivity index (χ3v) is 2.95. The van der Waals surface area contributed by atoms with E-state index in [0.717, 1.165) is 41.9 Å². The summed E-state index contributed by atoms with van der Waals surface area (Å²) < 4.78 is 16.1. The predicted molar refractivity (Wildman–Crippen MR) is 72.3 cm³/mol. The van der Waals surface area contributed by atoms with Crippen LogP contribution < -0.4 is 15.2 Å². The van der Waals surface area contributed by atoms with Crippen LogP contribution in [0.15, 0.2) is 12.1 Å². The molecule has 0 aromatic heterocycles. The summed E-state index contributed by atoms with van der Waals surface area (Å²) in [5.74, 6) is 1.74. The van der Waals surface area contributed by atoms with Crippen molar-refractivity contribution in [2.24, 2.45) is 5.73 Å². The molecular formula is C14H23NO3. The molecule has 0 atom stereocenters. The molecule has 0 fully saturated rings. The number of hydrogen-bond donors (Lipinski definition) is 1. The molecule has 18 heavy (non-hydrogen) atoms. The van der Waals surface area contributed by atoms with Crippen LogP contribution in [-0.2, 0) is 17.8 Å². The van der Waals surface area contributed by atoms with Crippen LogP contribution in [0.2, 0.25) is 0 Å². The standard InChI is InChI=1S/C14H23NO3/c1-16-10-12-11(6-4-5-9-15)13(17-2)7-8-14(12)18-3/h7-8H,4-6,9-10,15H2,1-3H3. The molecule has 0 bridgehead atoms. The minimum Gasteiger partial charge on any atom is -0.496 e. The Kier molecular flexibility index (Phi) is 6.54. The van der Waals surface area contributed by atoms with Gasteiger partial charge in [-0.05, 0) is 37.9 Å². The zero-order valence-corrected chi connectivity index (χ0v) is 11.5. The van der Waals surface area contributed by atoms with Crippen molar-refractivity contribution < 1.29 is 14.2 Å². The van der Waals surface area contributed by atoms with Gasteiger partial charge in [-0.1, -0.05) is 0 Å². The normalized spacial score (nSPS) is 10.4. The van der Waals surface area contributed by atoms with Crippen LogP contribution in [0.3, 0.4) is 0 Å². The van der Waals surface area contributed by atoms with Crippen molar-refractivity contribution in [1.29, 1.82) is 0 Å². The highest BCUT2D eigenvalue weighted by Gasteiger charge is 2.14. The van der Waals surface area contributed by atoms with Gasteiger partial charge in [0.2, 0.25) is 0 Å². The molecule has 0 radical (unpaired) electrons. The van der Waals surface area contributed by atoms with Crippen LogP contribution in [0.1, 0.15) is 24.0 Å². The zero-order chi connectivity index (χ0) is 13.4. The second-order valence-corrected chi connectivity index (χ2v) is 4.11. The summed E-state index contributed by atoms with van der Waals surface area (Å²) >= 11 is 0. The average molecular weight is 253 g/mol. The van der Waals surface area contributed by atoms with Gasteiger partial charge in [-0.3, -0.25) is 0 Å². The molecule has 2 N–H and O–H groups in total. The molecule has 1 aromatic rings. The van der Waals surface area contributed by atoms with Crippen molar-refractivity contribution in [3.05, 3.63) is 23.3 Å². The van der Waals surface area contributed by atoms with E-state index in [1.165, 1.54) is 0 Å². The fraction of sp³-hybridized carbons (Fsp3) is 0.571. The lowest BCUT2D eigenvalue weighted by Crippen LogP contribution is -2.05. The second-order valence-electron chi connectivity index (χ2n) is 4.11. The van der Waals surface area contributed by atoms with Gasteiger partial charge >= 0.3 is 0 Å². The van der Waals surface area contributed by atoms with E-state index >= 15 is 0 Å². The van der Waals surface area contributed by atoms with Gasteiger partial charge in [0, 0.05) is 18.2 Å². The monoisotopic (exact) mass is 253 g/mol. The highest BCUT2D eigenvalue weighted by molar-refractivity contribution is 5.48. The summed E-state index contributed by atoms with van der Waals surface area (Å²) in [6, 6.07) is 3.86. The quantitative estimate of drug-likeness (QED) is 0.721. The minimum atomic E-state index is 0.526. The highest BCUT2D eigenvalue weighted by Crippen LogP contribution is 2.32. The fourth-order valence-corrected chi connectivity index (χ4v) is 2.06. The molecular weight excluding hydrogens is 230 g/mol. The first-order valence-electron chi connectivity index (χ1n) is 6.20. The Morgan fingerprint density at radius 3 is 2.06 bits per heavy atom. The largest absolute Gasteiger partial charge is 0.496 e. The van der Waals surface area contributed by atoms with Gasteiger partial charge < -0.3 is 19.9 Å². The van der Waals surface area contributed by atoms with E-state index < -0.39 is 0 Å². The number of hydrogen-bond acceptors (Lipinski definition) is 4. The van der Waals surface area contributed by atoms with Crippen LogP contribution in [-0.4, -0.2) is 27.9 Å². The lowest BCUT2D eigenvalue weighted by molar-refractivity contribution is 0.180. The van der Waals surface area contributed by atoms with E-state index in [4.69, 9.17) is 19.9 Å². The molecule has 0 saturated carbocycles. The second kappa shape index (κ2) is 7.95. The van der Waals surface area contributed by atoms with Crippen molar-refractivity contribution in [3.8, 4) is 11.5 Å². The fourth-order valence-electron chi connectivity index (χ4n) is 2.06. The van der Waals surface area contributed by atoms with Crippen LogP contribution in [0, 0.1) is 0 Å². The topological polar surface area (TPSA) is 53.7 Å². The summed E-state index contributed by atoms with van der Waals surface area (Å²) in [6.45, 7) is 1.24. The van der Waals surface area contributed by atoms with E-state index in [9.17, 15) is 0 Å². The van der Waals surface area contributed by atoms with Crippen molar-refractivity contribution >= 4 is 0 Å². The Balaban J connectivity index is 3.05. The van der Waals surface area contributed by atoms with Crippen molar-refractivity contribution in [1.82, 2.24) is 0 Å². The number of rotatable bonds is 8. The highest BCUT2D eigenvalue weighted by atomic mass is 16.5. The smallest absolute Gasteiger partial charge is 0.124 e. The van der Waals surface area contributed by atoms with E-state index in [1.807, 2.05) is 12.1 Å². The van der Waals surface area contributed by atoms with Crippen LogP contribution in [0.25, 0.3) is 0 Å². The summed E-state index contributed by atoms with van der Waals surface area (Å²) in [5.41, 5.74) is 7.76. The van der Waals surface area contributed by atoms with E-state index in [0.29, 0.717) is 13.2 Å². The first kappa shape index (κ1) is 14.8. The first-order chi connectivity index (χ1) is 8.78. The summed E-state index contributed by atoms with van der Waals surface area (Å²) in [7, 11) is 5.04. The molecule has 0 aliphatic heterocycles. The Bertz CT molecular complexity index is 366.